The first-order valence-electron chi connectivity index (χ1n) is 4.76. The van der Waals surface area contributed by atoms with Crippen molar-refractivity contribution in [1.82, 2.24) is 0 Å². The van der Waals surface area contributed by atoms with Gasteiger partial charge in [-0.1, -0.05) is 23.4 Å². The molecule has 0 aromatic heterocycles. The van der Waals surface area contributed by atoms with Crippen molar-refractivity contribution in [3.8, 4) is 5.75 Å². The predicted octanol–water partition coefficient (Wildman–Crippen LogP) is 1.56. The van der Waals surface area contributed by atoms with Gasteiger partial charge in [-0.3, -0.25) is 0 Å². The number of para-hydroxylation sites is 1. The lowest BCUT2D eigenvalue weighted by molar-refractivity contribution is 0.0601. The van der Waals surface area contributed by atoms with Crippen LogP contribution < -0.4 is 0 Å². The Bertz CT molecular complexity index is 419. The van der Waals surface area contributed by atoms with Crippen LogP contribution in [0.1, 0.15) is 11.6 Å². The van der Waals surface area contributed by atoms with E-state index in [0.717, 1.165) is 0 Å². The summed E-state index contributed by atoms with van der Waals surface area (Å²) >= 11 is 0. The van der Waals surface area contributed by atoms with Crippen LogP contribution in [0.5, 0.6) is 5.75 Å². The van der Waals surface area contributed by atoms with E-state index in [9.17, 15) is 10.0 Å². The van der Waals surface area contributed by atoms with Crippen molar-refractivity contribution in [3.63, 3.8) is 0 Å². The van der Waals surface area contributed by atoms with E-state index in [4.69, 9.17) is 9.57 Å². The minimum Gasteiger partial charge on any atom is -0.508 e. The van der Waals surface area contributed by atoms with Gasteiger partial charge in [0, 0.05) is 5.56 Å². The summed E-state index contributed by atoms with van der Waals surface area (Å²) in [7, 11) is 0. The second kappa shape index (κ2) is 4.61. The Labute approximate surface area is 91.5 Å². The number of nitrogens with zero attached hydrogens (tertiary/aromatic N) is 2. The Morgan fingerprint density at radius 2 is 2.19 bits per heavy atom. The molecule has 0 aliphatic carbocycles. The van der Waals surface area contributed by atoms with E-state index in [-0.39, 0.29) is 11.6 Å². The largest absolute Gasteiger partial charge is 0.508 e. The second-order valence-corrected chi connectivity index (χ2v) is 3.18. The third-order valence-corrected chi connectivity index (χ3v) is 2.15. The molecule has 0 amide bonds. The van der Waals surface area contributed by atoms with E-state index < -0.39 is 6.04 Å². The Balaban J connectivity index is 2.32. The maximum absolute atomic E-state index is 10.8. The second-order valence-electron chi connectivity index (χ2n) is 3.18. The van der Waals surface area contributed by atoms with E-state index in [1.165, 1.54) is 6.07 Å². The molecule has 0 spiro atoms. The molecule has 1 aromatic rings. The van der Waals surface area contributed by atoms with Gasteiger partial charge in [-0.15, -0.1) is 4.91 Å². The first-order chi connectivity index (χ1) is 7.83. The van der Waals surface area contributed by atoms with Gasteiger partial charge in [-0.25, -0.2) is 0 Å². The van der Waals surface area contributed by atoms with Gasteiger partial charge in [0.15, 0.2) is 12.6 Å². The zero-order valence-electron chi connectivity index (χ0n) is 8.37. The molecule has 0 saturated carbocycles. The number of phenols is 1. The van der Waals surface area contributed by atoms with E-state index >= 15 is 0 Å². The van der Waals surface area contributed by atoms with Gasteiger partial charge in [-0.2, -0.15) is 0 Å². The van der Waals surface area contributed by atoms with Crippen LogP contribution in [-0.2, 0) is 9.57 Å². The van der Waals surface area contributed by atoms with Crippen LogP contribution in [0.2, 0.25) is 0 Å². The van der Waals surface area contributed by atoms with E-state index in [2.05, 4.69) is 10.3 Å². The SMILES string of the molecule is O=NC(C1=NOCCO1)c1ccccc1O. The fourth-order valence-electron chi connectivity index (χ4n) is 1.40. The lowest BCUT2D eigenvalue weighted by Crippen LogP contribution is -2.21. The number of aromatic hydroxyl groups is 1. The van der Waals surface area contributed by atoms with Crippen LogP contribution in [-0.4, -0.2) is 24.2 Å². The molecular formula is C10H10N2O4. The van der Waals surface area contributed by atoms with E-state index in [1.807, 2.05) is 0 Å². The maximum Gasteiger partial charge on any atom is 0.259 e. The highest BCUT2D eigenvalue weighted by atomic mass is 16.7. The fraction of sp³-hybridized carbons (Fsp3) is 0.300. The molecule has 2 rings (SSSR count). The summed E-state index contributed by atoms with van der Waals surface area (Å²) in [4.78, 5) is 15.6. The first kappa shape index (κ1) is 10.4. The molecular weight excluding hydrogens is 212 g/mol. The van der Waals surface area contributed by atoms with Crippen LogP contribution in [0.15, 0.2) is 34.6 Å². The molecule has 1 unspecified atom stereocenters. The average molecular weight is 222 g/mol. The average Bonchev–Trinajstić information content (AvgIpc) is 2.34. The van der Waals surface area contributed by atoms with Gasteiger partial charge in [0.2, 0.25) is 0 Å². The summed E-state index contributed by atoms with van der Waals surface area (Å²) in [6.07, 6.45) is 0. The molecule has 1 atom stereocenters. The van der Waals surface area contributed by atoms with E-state index in [1.54, 1.807) is 18.2 Å². The standard InChI is InChI=1S/C10H10N2O4/c13-8-4-2-1-3-7(8)9(11-14)10-12-16-6-5-15-10/h1-4,9,13H,5-6H2. The molecule has 16 heavy (non-hydrogen) atoms. The molecule has 1 N–H and O–H groups in total. The van der Waals surface area contributed by atoms with Crippen molar-refractivity contribution in [1.29, 1.82) is 0 Å². The summed E-state index contributed by atoms with van der Waals surface area (Å²) in [5.74, 6) is 0.0479. The minimum atomic E-state index is -0.971. The minimum absolute atomic E-state index is 0.0241. The Morgan fingerprint density at radius 1 is 1.38 bits per heavy atom. The Kier molecular flexibility index (Phi) is 3.00. The summed E-state index contributed by atoms with van der Waals surface area (Å²) < 4.78 is 5.16. The zero-order chi connectivity index (χ0) is 11.4. The molecule has 0 radical (unpaired) electrons. The molecule has 84 valence electrons. The van der Waals surface area contributed by atoms with Gasteiger partial charge >= 0.3 is 0 Å². The summed E-state index contributed by atoms with van der Waals surface area (Å²) in [5.41, 5.74) is 0.349. The third-order valence-electron chi connectivity index (χ3n) is 2.15. The topological polar surface area (TPSA) is 80.5 Å². The Morgan fingerprint density at radius 3 is 2.81 bits per heavy atom. The summed E-state index contributed by atoms with van der Waals surface area (Å²) in [5, 5.41) is 16.1. The summed E-state index contributed by atoms with van der Waals surface area (Å²) in [6.45, 7) is 0.661. The monoisotopic (exact) mass is 222 g/mol. The lowest BCUT2D eigenvalue weighted by atomic mass is 10.1. The maximum atomic E-state index is 10.8. The van der Waals surface area contributed by atoms with Crippen LogP contribution >= 0.6 is 0 Å². The number of oxime groups is 1. The molecule has 1 heterocycles. The Hall–Kier alpha value is -2.11. The number of nitroso groups, excluding NO2 is 1. The van der Waals surface area contributed by atoms with Crippen molar-refractivity contribution in [2.45, 2.75) is 6.04 Å². The van der Waals surface area contributed by atoms with E-state index in [0.29, 0.717) is 18.8 Å². The zero-order valence-corrected chi connectivity index (χ0v) is 8.37. The lowest BCUT2D eigenvalue weighted by Gasteiger charge is -2.17. The fourth-order valence-corrected chi connectivity index (χ4v) is 1.40. The van der Waals surface area contributed by atoms with Gasteiger partial charge in [-0.05, 0) is 11.2 Å². The number of rotatable bonds is 3. The highest BCUT2D eigenvalue weighted by Gasteiger charge is 2.26. The van der Waals surface area contributed by atoms with Gasteiger partial charge in [0.1, 0.15) is 12.4 Å². The van der Waals surface area contributed by atoms with Gasteiger partial charge in [0.25, 0.3) is 5.90 Å². The number of hydrogen-bond acceptors (Lipinski definition) is 6. The number of phenolic OH excluding ortho intramolecular Hbond substituents is 1. The first-order valence-corrected chi connectivity index (χ1v) is 4.76. The van der Waals surface area contributed by atoms with Crippen molar-refractivity contribution < 1.29 is 14.7 Å². The summed E-state index contributed by atoms with van der Waals surface area (Å²) in [6, 6.07) is 5.43. The number of hydrogen-bond donors (Lipinski definition) is 1. The number of ether oxygens (including phenoxy) is 1. The van der Waals surface area contributed by atoms with Crippen molar-refractivity contribution in [2.24, 2.45) is 10.3 Å². The molecule has 0 bridgehead atoms. The molecule has 1 aromatic carbocycles. The molecule has 0 saturated heterocycles. The van der Waals surface area contributed by atoms with Gasteiger partial charge < -0.3 is 14.7 Å². The third kappa shape index (κ3) is 1.95. The normalized spacial score (nSPS) is 16.6. The van der Waals surface area contributed by atoms with Crippen molar-refractivity contribution in [2.75, 3.05) is 13.2 Å². The molecule has 6 heteroatoms. The van der Waals surface area contributed by atoms with Crippen molar-refractivity contribution >= 4 is 5.90 Å². The highest BCUT2D eigenvalue weighted by molar-refractivity contribution is 5.84. The highest BCUT2D eigenvalue weighted by Crippen LogP contribution is 2.28. The van der Waals surface area contributed by atoms with Crippen LogP contribution in [0, 0.1) is 4.91 Å². The van der Waals surface area contributed by atoms with Crippen LogP contribution in [0.3, 0.4) is 0 Å². The van der Waals surface area contributed by atoms with Crippen LogP contribution in [0.4, 0.5) is 0 Å². The molecule has 1 aliphatic rings. The molecule has 0 fully saturated rings. The van der Waals surface area contributed by atoms with Gasteiger partial charge in [0.05, 0.1) is 0 Å². The smallest absolute Gasteiger partial charge is 0.259 e. The van der Waals surface area contributed by atoms with Crippen molar-refractivity contribution in [3.05, 3.63) is 34.7 Å². The molecule has 1 aliphatic heterocycles. The molecule has 6 nitrogen and oxygen atoms in total. The number of benzene rings is 1. The van der Waals surface area contributed by atoms with Crippen LogP contribution in [0.25, 0.3) is 0 Å². The quantitative estimate of drug-likeness (QED) is 0.787. The predicted molar refractivity (Wildman–Crippen MR) is 56.0 cm³/mol.